The highest BCUT2D eigenvalue weighted by molar-refractivity contribution is 7.95. The van der Waals surface area contributed by atoms with Crippen molar-refractivity contribution in [3.63, 3.8) is 0 Å². The van der Waals surface area contributed by atoms with Crippen LogP contribution in [0.5, 0.6) is 5.75 Å². The van der Waals surface area contributed by atoms with Crippen molar-refractivity contribution in [3.8, 4) is 5.75 Å². The van der Waals surface area contributed by atoms with E-state index in [1.165, 1.54) is 21.5 Å². The van der Waals surface area contributed by atoms with Gasteiger partial charge in [0.2, 0.25) is 0 Å². The van der Waals surface area contributed by atoms with E-state index in [4.69, 9.17) is 4.74 Å². The first-order valence-electron chi connectivity index (χ1n) is 10.0. The third-order valence-corrected chi connectivity index (χ3v) is 9.89. The van der Waals surface area contributed by atoms with E-state index in [0.29, 0.717) is 0 Å². The molecule has 1 nitrogen and oxygen atoms in total. The standard InChI is InChI=1S/C27H26OP/c1-28-24-13-11-12-23(22-24)20-21-29(25-14-5-2-6-15-25,26-16-7-3-8-17-26)27-18-9-4-10-19-27/h2-19,22H,20-21H2,1H3/q+1. The molecule has 0 unspecified atom stereocenters. The number of ether oxygens (including phenoxy) is 1. The zero-order valence-corrected chi connectivity index (χ0v) is 17.6. The number of benzene rings is 4. The summed E-state index contributed by atoms with van der Waals surface area (Å²) in [6.45, 7) is 0. The molecule has 4 rings (SSSR count). The average Bonchev–Trinajstić information content (AvgIpc) is 2.82. The van der Waals surface area contributed by atoms with Crippen LogP contribution in [0.2, 0.25) is 0 Å². The second-order valence-corrected chi connectivity index (χ2v) is 10.8. The average molecular weight is 397 g/mol. The van der Waals surface area contributed by atoms with Gasteiger partial charge in [-0.15, -0.1) is 0 Å². The highest BCUT2D eigenvalue weighted by Crippen LogP contribution is 2.55. The van der Waals surface area contributed by atoms with Gasteiger partial charge in [0.25, 0.3) is 0 Å². The minimum atomic E-state index is -1.78. The van der Waals surface area contributed by atoms with Crippen molar-refractivity contribution < 1.29 is 4.74 Å². The van der Waals surface area contributed by atoms with Crippen LogP contribution in [0.15, 0.2) is 115 Å². The van der Waals surface area contributed by atoms with E-state index < -0.39 is 7.26 Å². The lowest BCUT2D eigenvalue weighted by atomic mass is 10.2. The highest BCUT2D eigenvalue weighted by atomic mass is 31.2. The molecule has 0 spiro atoms. The molecule has 0 bridgehead atoms. The molecule has 0 fully saturated rings. The number of rotatable bonds is 7. The Morgan fingerprint density at radius 1 is 0.586 bits per heavy atom. The quantitative estimate of drug-likeness (QED) is 0.388. The molecule has 2 heteroatoms. The first kappa shape index (κ1) is 19.4. The SMILES string of the molecule is COc1cccc(CC[P+](c2ccccc2)(c2ccccc2)c2ccccc2)c1. The van der Waals surface area contributed by atoms with Crippen molar-refractivity contribution in [1.29, 1.82) is 0 Å². The molecule has 4 aromatic rings. The predicted molar refractivity (Wildman–Crippen MR) is 127 cm³/mol. The van der Waals surface area contributed by atoms with Crippen molar-refractivity contribution in [2.45, 2.75) is 6.42 Å². The van der Waals surface area contributed by atoms with E-state index in [9.17, 15) is 0 Å². The molecule has 0 amide bonds. The minimum absolute atomic E-state index is 0.922. The predicted octanol–water partition coefficient (Wildman–Crippen LogP) is 5.23. The Morgan fingerprint density at radius 2 is 1.07 bits per heavy atom. The van der Waals surface area contributed by atoms with Crippen LogP contribution in [0.4, 0.5) is 0 Å². The van der Waals surface area contributed by atoms with Crippen LogP contribution in [-0.4, -0.2) is 13.3 Å². The van der Waals surface area contributed by atoms with Crippen molar-refractivity contribution in [3.05, 3.63) is 121 Å². The number of methoxy groups -OCH3 is 1. The fourth-order valence-corrected chi connectivity index (χ4v) is 8.31. The lowest BCUT2D eigenvalue weighted by Gasteiger charge is -2.27. The fraction of sp³-hybridized carbons (Fsp3) is 0.111. The lowest BCUT2D eigenvalue weighted by Crippen LogP contribution is -2.34. The maximum Gasteiger partial charge on any atom is 0.119 e. The Bertz CT molecular complexity index is 933. The fourth-order valence-electron chi connectivity index (χ4n) is 4.01. The van der Waals surface area contributed by atoms with E-state index >= 15 is 0 Å². The number of hydrogen-bond donors (Lipinski definition) is 0. The van der Waals surface area contributed by atoms with Crippen LogP contribution < -0.4 is 20.7 Å². The van der Waals surface area contributed by atoms with Gasteiger partial charge in [-0.25, -0.2) is 0 Å². The summed E-state index contributed by atoms with van der Waals surface area (Å²) in [6, 6.07) is 41.6. The summed E-state index contributed by atoms with van der Waals surface area (Å²) in [5.74, 6) is 0.922. The maximum atomic E-state index is 5.45. The molecule has 144 valence electrons. The van der Waals surface area contributed by atoms with Gasteiger partial charge >= 0.3 is 0 Å². The summed E-state index contributed by atoms with van der Waals surface area (Å²) in [5.41, 5.74) is 1.32. The molecule has 0 aliphatic heterocycles. The van der Waals surface area contributed by atoms with Crippen molar-refractivity contribution >= 4 is 23.2 Å². The normalized spacial score (nSPS) is 11.2. The molecular weight excluding hydrogens is 371 g/mol. The highest BCUT2D eigenvalue weighted by Gasteiger charge is 2.44. The van der Waals surface area contributed by atoms with Gasteiger partial charge in [0.1, 0.15) is 28.9 Å². The molecule has 0 aliphatic carbocycles. The van der Waals surface area contributed by atoms with Crippen LogP contribution in [-0.2, 0) is 6.42 Å². The largest absolute Gasteiger partial charge is 0.497 e. The van der Waals surface area contributed by atoms with E-state index in [-0.39, 0.29) is 0 Å². The van der Waals surface area contributed by atoms with Crippen LogP contribution in [0.1, 0.15) is 5.56 Å². The zero-order valence-electron chi connectivity index (χ0n) is 16.7. The van der Waals surface area contributed by atoms with E-state index in [1.54, 1.807) is 7.11 Å². The third-order valence-electron chi connectivity index (χ3n) is 5.46. The molecule has 0 saturated carbocycles. The lowest BCUT2D eigenvalue weighted by molar-refractivity contribution is 0.414. The van der Waals surface area contributed by atoms with Gasteiger partial charge in [0.15, 0.2) is 0 Å². The molecule has 0 heterocycles. The Kier molecular flexibility index (Phi) is 6.08. The van der Waals surface area contributed by atoms with Crippen LogP contribution in [0, 0.1) is 0 Å². The van der Waals surface area contributed by atoms with Crippen LogP contribution in [0.25, 0.3) is 0 Å². The summed E-state index contributed by atoms with van der Waals surface area (Å²) in [5, 5.41) is 4.29. The first-order valence-corrected chi connectivity index (χ1v) is 12.0. The third kappa shape index (κ3) is 4.11. The Labute approximate surface area is 174 Å². The summed E-state index contributed by atoms with van der Waals surface area (Å²) in [7, 11) is -0.0526. The smallest absolute Gasteiger partial charge is 0.119 e. The van der Waals surface area contributed by atoms with Gasteiger partial charge < -0.3 is 4.74 Å². The second kappa shape index (κ2) is 9.07. The van der Waals surface area contributed by atoms with Crippen molar-refractivity contribution in [2.24, 2.45) is 0 Å². The first-order chi connectivity index (χ1) is 14.3. The van der Waals surface area contributed by atoms with Crippen LogP contribution in [0.3, 0.4) is 0 Å². The molecule has 0 saturated heterocycles. The Hall–Kier alpha value is -2.89. The summed E-state index contributed by atoms with van der Waals surface area (Å²) < 4.78 is 5.45. The van der Waals surface area contributed by atoms with Gasteiger partial charge in [-0.2, -0.15) is 0 Å². The van der Waals surface area contributed by atoms with Crippen LogP contribution >= 0.6 is 7.26 Å². The van der Waals surface area contributed by atoms with Gasteiger partial charge in [0, 0.05) is 6.42 Å². The minimum Gasteiger partial charge on any atom is -0.497 e. The molecular formula is C27H26OP+. The van der Waals surface area contributed by atoms with Gasteiger partial charge in [-0.1, -0.05) is 66.7 Å². The molecule has 4 aromatic carbocycles. The zero-order chi connectivity index (χ0) is 19.9. The van der Waals surface area contributed by atoms with E-state index in [2.05, 4.69) is 109 Å². The molecule has 0 aromatic heterocycles. The number of hydrogen-bond acceptors (Lipinski definition) is 1. The molecule has 0 N–H and O–H groups in total. The van der Waals surface area contributed by atoms with Gasteiger partial charge in [-0.05, 0) is 54.1 Å². The summed E-state index contributed by atoms with van der Waals surface area (Å²) in [4.78, 5) is 0. The monoisotopic (exact) mass is 397 g/mol. The molecule has 0 radical (unpaired) electrons. The topological polar surface area (TPSA) is 9.23 Å². The van der Waals surface area contributed by atoms with Gasteiger partial charge in [-0.3, -0.25) is 0 Å². The maximum absolute atomic E-state index is 5.45. The van der Waals surface area contributed by atoms with Crippen molar-refractivity contribution in [1.82, 2.24) is 0 Å². The molecule has 29 heavy (non-hydrogen) atoms. The Balaban J connectivity index is 1.85. The summed E-state index contributed by atoms with van der Waals surface area (Å²) >= 11 is 0. The van der Waals surface area contributed by atoms with Crippen molar-refractivity contribution in [2.75, 3.05) is 13.3 Å². The molecule has 0 aliphatic rings. The summed E-state index contributed by atoms with van der Waals surface area (Å²) in [6.07, 6.45) is 2.09. The van der Waals surface area contributed by atoms with E-state index in [1.807, 2.05) is 6.07 Å². The van der Waals surface area contributed by atoms with Gasteiger partial charge in [0.05, 0.1) is 13.3 Å². The number of aryl methyl sites for hydroxylation is 1. The Morgan fingerprint density at radius 3 is 1.52 bits per heavy atom. The second-order valence-electron chi connectivity index (χ2n) is 7.14. The van der Waals surface area contributed by atoms with E-state index in [0.717, 1.165) is 18.3 Å². The molecule has 0 atom stereocenters.